The summed E-state index contributed by atoms with van der Waals surface area (Å²) < 4.78 is 11.3. The summed E-state index contributed by atoms with van der Waals surface area (Å²) in [6.45, 7) is 2.59. The number of benzene rings is 4. The van der Waals surface area contributed by atoms with Gasteiger partial charge in [0.2, 0.25) is 0 Å². The second kappa shape index (κ2) is 16.8. The highest BCUT2D eigenvalue weighted by atomic mass is 16.5. The van der Waals surface area contributed by atoms with E-state index < -0.39 is 0 Å². The maximum atomic E-state index is 11.9. The summed E-state index contributed by atoms with van der Waals surface area (Å²) in [4.78, 5) is 32.8. The van der Waals surface area contributed by atoms with Crippen LogP contribution in [-0.2, 0) is 9.53 Å². The zero-order valence-electron chi connectivity index (χ0n) is 33.2. The van der Waals surface area contributed by atoms with E-state index >= 15 is 0 Å². The minimum absolute atomic E-state index is 0.104. The number of phenols is 3. The molecule has 0 atom stereocenters. The van der Waals surface area contributed by atoms with Crippen molar-refractivity contribution in [3.05, 3.63) is 191 Å². The first kappa shape index (κ1) is 38.7. The van der Waals surface area contributed by atoms with Crippen molar-refractivity contribution in [2.45, 2.75) is 26.2 Å². The number of phenolic OH excluding ortho intramolecular Hbond substituents is 3. The molecule has 9 rings (SSSR count). The molecule has 0 aromatic heterocycles. The third-order valence-electron chi connectivity index (χ3n) is 10.5. The Kier molecular flexibility index (Phi) is 10.6. The number of unbranched alkanes of at least 4 members (excludes halogenated alkanes) is 1. The van der Waals surface area contributed by atoms with E-state index in [4.69, 9.17) is 29.4 Å². The third-order valence-corrected chi connectivity index (χ3v) is 10.5. The molecular formula is C51H40N4O6. The van der Waals surface area contributed by atoms with Gasteiger partial charge in [0.15, 0.2) is 0 Å². The molecular weight excluding hydrogens is 765 g/mol. The Labute approximate surface area is 352 Å². The second-order valence-electron chi connectivity index (χ2n) is 14.7. The van der Waals surface area contributed by atoms with E-state index in [9.17, 15) is 20.1 Å². The van der Waals surface area contributed by atoms with E-state index in [1.54, 1.807) is 61.5 Å². The highest BCUT2D eigenvalue weighted by molar-refractivity contribution is 6.39. The average molecular weight is 805 g/mol. The number of allylic oxidation sites excluding steroid dienone is 12. The largest absolute Gasteiger partial charge is 0.508 e. The summed E-state index contributed by atoms with van der Waals surface area (Å²) in [5, 5.41) is 32.0. The molecule has 4 aromatic rings. The van der Waals surface area contributed by atoms with Gasteiger partial charge in [-0.15, -0.1) is 0 Å². The summed E-state index contributed by atoms with van der Waals surface area (Å²) in [5.41, 5.74) is 11.0. The Bertz CT molecular complexity index is 2850. The molecule has 10 heteroatoms. The fourth-order valence-corrected chi connectivity index (χ4v) is 7.79. The summed E-state index contributed by atoms with van der Waals surface area (Å²) in [6.07, 6.45) is 17.2. The van der Waals surface area contributed by atoms with Gasteiger partial charge in [0, 0.05) is 28.7 Å². The SMILES string of the molecule is CCOC(=O)CCCCOc1cccc(C2=C3C=CC(=N3)C(c3cccc(O)c3)=C3C=CC(=N3)C(c3cccc(O)c3)=C3C=CC(=N3)C(c3cccc(O)c3)=C3C=CC2=N3)c1. The van der Waals surface area contributed by atoms with Crippen molar-refractivity contribution in [1.29, 1.82) is 0 Å². The van der Waals surface area contributed by atoms with Crippen LogP contribution in [0.3, 0.4) is 0 Å². The van der Waals surface area contributed by atoms with Crippen molar-refractivity contribution in [2.75, 3.05) is 13.2 Å². The lowest BCUT2D eigenvalue weighted by molar-refractivity contribution is -0.143. The van der Waals surface area contributed by atoms with Crippen molar-refractivity contribution in [2.24, 2.45) is 20.0 Å². The second-order valence-corrected chi connectivity index (χ2v) is 14.7. The van der Waals surface area contributed by atoms with Crippen molar-refractivity contribution >= 4 is 51.1 Å². The van der Waals surface area contributed by atoms with Crippen LogP contribution in [0, 0.1) is 0 Å². The number of rotatable bonds is 11. The molecule has 5 aliphatic heterocycles. The van der Waals surface area contributed by atoms with Gasteiger partial charge in [-0.2, -0.15) is 0 Å². The van der Waals surface area contributed by atoms with Gasteiger partial charge in [0.05, 0.1) is 58.8 Å². The fraction of sp³-hybridized carbons (Fsp3) is 0.118. The third kappa shape index (κ3) is 8.11. The number of nitrogens with zero attached hydrogens (tertiary/aromatic N) is 4. The Morgan fingerprint density at radius 3 is 1.25 bits per heavy atom. The molecule has 4 aromatic carbocycles. The maximum absolute atomic E-state index is 11.9. The molecule has 300 valence electrons. The summed E-state index contributed by atoms with van der Waals surface area (Å²) in [7, 11) is 0. The number of aromatic hydroxyl groups is 3. The lowest BCUT2D eigenvalue weighted by Gasteiger charge is -2.13. The molecule has 0 spiro atoms. The molecule has 0 fully saturated rings. The van der Waals surface area contributed by atoms with Crippen LogP contribution in [0.5, 0.6) is 23.0 Å². The van der Waals surface area contributed by atoms with Gasteiger partial charge in [0.1, 0.15) is 23.0 Å². The molecule has 61 heavy (non-hydrogen) atoms. The van der Waals surface area contributed by atoms with Gasteiger partial charge in [-0.05, 0) is 139 Å². The van der Waals surface area contributed by atoms with Crippen LogP contribution in [0.4, 0.5) is 0 Å². The van der Waals surface area contributed by atoms with Crippen LogP contribution in [0.2, 0.25) is 0 Å². The predicted octanol–water partition coefficient (Wildman–Crippen LogP) is 9.92. The van der Waals surface area contributed by atoms with Gasteiger partial charge in [0.25, 0.3) is 0 Å². The zero-order valence-corrected chi connectivity index (χ0v) is 33.2. The van der Waals surface area contributed by atoms with E-state index in [0.717, 1.165) is 27.8 Å². The smallest absolute Gasteiger partial charge is 0.305 e. The van der Waals surface area contributed by atoms with Gasteiger partial charge in [-0.3, -0.25) is 4.79 Å². The van der Waals surface area contributed by atoms with Crippen LogP contribution < -0.4 is 4.74 Å². The number of carbonyl (C=O) groups is 1. The molecule has 3 N–H and O–H groups in total. The van der Waals surface area contributed by atoms with Gasteiger partial charge in [-0.25, -0.2) is 20.0 Å². The van der Waals surface area contributed by atoms with E-state index in [0.29, 0.717) is 101 Å². The van der Waals surface area contributed by atoms with E-state index in [1.165, 1.54) is 0 Å². The Morgan fingerprint density at radius 2 is 0.869 bits per heavy atom. The molecule has 10 nitrogen and oxygen atoms in total. The molecule has 0 saturated carbocycles. The Morgan fingerprint density at radius 1 is 0.492 bits per heavy atom. The van der Waals surface area contributed by atoms with Gasteiger partial charge in [-0.1, -0.05) is 48.5 Å². The molecule has 5 aliphatic rings. The van der Waals surface area contributed by atoms with Gasteiger partial charge < -0.3 is 24.8 Å². The summed E-state index contributed by atoms with van der Waals surface area (Å²) in [6, 6.07) is 28.9. The summed E-state index contributed by atoms with van der Waals surface area (Å²) >= 11 is 0. The minimum atomic E-state index is -0.210. The van der Waals surface area contributed by atoms with Gasteiger partial charge >= 0.3 is 5.97 Å². The molecule has 0 unspecified atom stereocenters. The standard InChI is InChI=1S/C51H40N4O6/c1-2-60-47(59)17-3-4-26-61-38-16-8-12-34(30-38)51-45-24-22-43(54-45)49(32-10-6-14-36(57)28-32)41-20-18-39(52-41)48(31-9-5-13-35(56)27-31)40-19-21-42(53-40)50(44-23-25-46(51)55-44)33-11-7-15-37(58)29-33/h5-16,18-25,27-30,56-58H,2-4,17,26H2,1H3. The molecule has 0 radical (unpaired) electrons. The zero-order chi connectivity index (χ0) is 41.9. The number of ether oxygens (including phenoxy) is 2. The first-order chi connectivity index (χ1) is 29.8. The van der Waals surface area contributed by atoms with Crippen LogP contribution in [-0.4, -0.2) is 57.3 Å². The van der Waals surface area contributed by atoms with Crippen LogP contribution in [0.25, 0.3) is 22.3 Å². The van der Waals surface area contributed by atoms with Crippen LogP contribution >= 0.6 is 0 Å². The molecule has 0 saturated heterocycles. The number of carbonyl (C=O) groups excluding carboxylic acids is 1. The highest BCUT2D eigenvalue weighted by Gasteiger charge is 2.28. The van der Waals surface area contributed by atoms with E-state index in [-0.39, 0.29) is 23.2 Å². The summed E-state index contributed by atoms with van der Waals surface area (Å²) in [5.74, 6) is 0.763. The number of hydrogen-bond acceptors (Lipinski definition) is 10. The van der Waals surface area contributed by atoms with E-state index in [1.807, 2.05) is 91.1 Å². The quantitative estimate of drug-likeness (QED) is 0.102. The number of aliphatic imine (C=N–C) groups is 4. The van der Waals surface area contributed by atoms with Crippen LogP contribution in [0.15, 0.2) is 188 Å². The maximum Gasteiger partial charge on any atom is 0.305 e. The highest BCUT2D eigenvalue weighted by Crippen LogP contribution is 2.40. The molecule has 8 bridgehead atoms. The lowest BCUT2D eigenvalue weighted by Crippen LogP contribution is -2.05. The molecule has 5 heterocycles. The van der Waals surface area contributed by atoms with Crippen molar-refractivity contribution in [3.63, 3.8) is 0 Å². The number of fused-ring (bicyclic) bond motifs is 4. The van der Waals surface area contributed by atoms with Crippen molar-refractivity contribution in [1.82, 2.24) is 0 Å². The predicted molar refractivity (Wildman–Crippen MR) is 241 cm³/mol. The number of hydrogen-bond donors (Lipinski definition) is 3. The molecule has 0 amide bonds. The average Bonchev–Trinajstić information content (AvgIpc) is 4.09. The Hall–Kier alpha value is -7.85. The van der Waals surface area contributed by atoms with Crippen molar-refractivity contribution in [3.8, 4) is 23.0 Å². The Balaban J connectivity index is 1.24. The minimum Gasteiger partial charge on any atom is -0.508 e. The molecule has 0 aliphatic carbocycles. The lowest BCUT2D eigenvalue weighted by atomic mass is 9.98. The topological polar surface area (TPSA) is 146 Å². The first-order valence-corrected chi connectivity index (χ1v) is 20.1. The normalized spacial score (nSPS) is 16.4. The number of esters is 1. The fourth-order valence-electron chi connectivity index (χ4n) is 7.79. The van der Waals surface area contributed by atoms with Crippen LogP contribution in [0.1, 0.15) is 48.4 Å². The first-order valence-electron chi connectivity index (χ1n) is 20.1. The van der Waals surface area contributed by atoms with E-state index in [2.05, 4.69) is 0 Å². The monoisotopic (exact) mass is 804 g/mol. The van der Waals surface area contributed by atoms with Crippen molar-refractivity contribution < 1.29 is 29.6 Å².